The molecule has 2 N–H and O–H groups in total. The minimum absolute atomic E-state index is 0.1000. The number of hydrogen-bond donors (Lipinski definition) is 1. The van der Waals surface area contributed by atoms with Crippen LogP contribution in [-0.4, -0.2) is 21.6 Å². The molecule has 4 aromatic rings. The lowest BCUT2D eigenvalue weighted by atomic mass is 10.0. The number of aromatic nitrogens is 3. The highest BCUT2D eigenvalue weighted by atomic mass is 16.5. The van der Waals surface area contributed by atoms with Gasteiger partial charge in [-0.1, -0.05) is 11.6 Å². The summed E-state index contributed by atoms with van der Waals surface area (Å²) in [4.78, 5) is 25.8. The summed E-state index contributed by atoms with van der Waals surface area (Å²) in [7, 11) is 0. The number of nitrogens with zero attached hydrogens (tertiary/aromatic N) is 3. The highest BCUT2D eigenvalue weighted by Crippen LogP contribution is 2.38. The van der Waals surface area contributed by atoms with Gasteiger partial charge in [0.15, 0.2) is 5.82 Å². The molecule has 0 aliphatic carbocycles. The number of aryl methyl sites for hydroxylation is 1. The first-order valence-corrected chi connectivity index (χ1v) is 8.89. The molecule has 3 aromatic heterocycles. The third-order valence-electron chi connectivity index (χ3n) is 4.82. The molecule has 1 aromatic carbocycles. The maximum absolute atomic E-state index is 12.7. The molecular formula is C21H16N4O3. The van der Waals surface area contributed by atoms with E-state index in [1.165, 1.54) is 0 Å². The first kappa shape index (κ1) is 16.4. The highest BCUT2D eigenvalue weighted by molar-refractivity contribution is 5.94. The molecule has 0 saturated heterocycles. The van der Waals surface area contributed by atoms with Gasteiger partial charge in [-0.3, -0.25) is 4.98 Å². The SMILES string of the molecule is Cc1ccc2c(c1)-c1oc(=O)c3c(N)nc(-c4ccncc4)nc3c1CCO2. The average molecular weight is 372 g/mol. The molecule has 0 spiro atoms. The Morgan fingerprint density at radius 1 is 1.11 bits per heavy atom. The Hall–Kier alpha value is -3.74. The van der Waals surface area contributed by atoms with Gasteiger partial charge < -0.3 is 14.9 Å². The zero-order chi connectivity index (χ0) is 19.3. The minimum atomic E-state index is -0.554. The van der Waals surface area contributed by atoms with Gasteiger partial charge in [-0.15, -0.1) is 0 Å². The minimum Gasteiger partial charge on any atom is -0.492 e. The van der Waals surface area contributed by atoms with Gasteiger partial charge in [0.1, 0.15) is 22.7 Å². The normalized spacial score (nSPS) is 12.8. The molecule has 7 heteroatoms. The molecule has 0 radical (unpaired) electrons. The number of pyridine rings is 1. The van der Waals surface area contributed by atoms with E-state index in [-0.39, 0.29) is 11.2 Å². The van der Waals surface area contributed by atoms with E-state index in [9.17, 15) is 4.79 Å². The van der Waals surface area contributed by atoms with Crippen molar-refractivity contribution in [1.29, 1.82) is 0 Å². The molecule has 5 rings (SSSR count). The second kappa shape index (κ2) is 6.16. The van der Waals surface area contributed by atoms with Crippen LogP contribution in [0, 0.1) is 6.92 Å². The summed E-state index contributed by atoms with van der Waals surface area (Å²) in [6.45, 7) is 2.42. The van der Waals surface area contributed by atoms with Crippen molar-refractivity contribution < 1.29 is 9.15 Å². The van der Waals surface area contributed by atoms with Crippen LogP contribution in [0.4, 0.5) is 5.82 Å². The Morgan fingerprint density at radius 3 is 2.75 bits per heavy atom. The fourth-order valence-corrected chi connectivity index (χ4v) is 3.50. The van der Waals surface area contributed by atoms with E-state index in [1.54, 1.807) is 24.5 Å². The molecule has 1 aliphatic heterocycles. The van der Waals surface area contributed by atoms with Crippen LogP contribution in [0.15, 0.2) is 51.9 Å². The largest absolute Gasteiger partial charge is 0.492 e. The molecule has 0 atom stereocenters. The quantitative estimate of drug-likeness (QED) is 0.547. The fourth-order valence-electron chi connectivity index (χ4n) is 3.50. The van der Waals surface area contributed by atoms with Crippen molar-refractivity contribution in [2.75, 3.05) is 12.3 Å². The average Bonchev–Trinajstić information content (AvgIpc) is 2.88. The molecule has 0 unspecified atom stereocenters. The first-order valence-electron chi connectivity index (χ1n) is 8.89. The fraction of sp³-hybridized carbons (Fsp3) is 0.143. The van der Waals surface area contributed by atoms with Crippen molar-refractivity contribution in [1.82, 2.24) is 15.0 Å². The summed E-state index contributed by atoms with van der Waals surface area (Å²) in [5.74, 6) is 1.70. The number of nitrogens with two attached hydrogens (primary N) is 1. The van der Waals surface area contributed by atoms with Crippen molar-refractivity contribution in [2.45, 2.75) is 13.3 Å². The molecular weight excluding hydrogens is 356 g/mol. The Kier molecular flexibility index (Phi) is 3.61. The lowest BCUT2D eigenvalue weighted by molar-refractivity contribution is 0.326. The van der Waals surface area contributed by atoms with E-state index in [2.05, 4.69) is 15.0 Å². The predicted molar refractivity (Wildman–Crippen MR) is 105 cm³/mol. The number of benzene rings is 1. The number of hydrogen-bond acceptors (Lipinski definition) is 7. The van der Waals surface area contributed by atoms with Crippen molar-refractivity contribution in [2.24, 2.45) is 0 Å². The summed E-state index contributed by atoms with van der Waals surface area (Å²) < 4.78 is 11.6. The second-order valence-corrected chi connectivity index (χ2v) is 6.69. The standard InChI is InChI=1S/C21H16N4O3/c1-11-2-3-15-14(10-11)18-13(6-9-27-15)17-16(21(26)28-18)19(22)25-20(24-17)12-4-7-23-8-5-12/h2-5,7-8,10H,6,9H2,1H3,(H2,22,24,25). The van der Waals surface area contributed by atoms with Crippen LogP contribution >= 0.6 is 0 Å². The van der Waals surface area contributed by atoms with Crippen LogP contribution in [-0.2, 0) is 6.42 Å². The Balaban J connectivity index is 1.87. The molecule has 0 amide bonds. The van der Waals surface area contributed by atoms with Crippen molar-refractivity contribution in [3.05, 3.63) is 64.3 Å². The van der Waals surface area contributed by atoms with Crippen LogP contribution in [0.3, 0.4) is 0 Å². The van der Waals surface area contributed by atoms with Crippen LogP contribution in [0.1, 0.15) is 11.1 Å². The highest BCUT2D eigenvalue weighted by Gasteiger charge is 2.25. The van der Waals surface area contributed by atoms with Crippen molar-refractivity contribution >= 4 is 16.7 Å². The number of ether oxygens (including phenoxy) is 1. The number of rotatable bonds is 1. The third-order valence-corrected chi connectivity index (χ3v) is 4.82. The number of anilines is 1. The summed E-state index contributed by atoms with van der Waals surface area (Å²) >= 11 is 0. The van der Waals surface area contributed by atoms with E-state index >= 15 is 0 Å². The molecule has 0 fully saturated rings. The zero-order valence-corrected chi connectivity index (χ0v) is 15.1. The summed E-state index contributed by atoms with van der Waals surface area (Å²) in [6.07, 6.45) is 3.85. The third kappa shape index (κ3) is 2.51. The van der Waals surface area contributed by atoms with Crippen LogP contribution in [0.5, 0.6) is 5.75 Å². The Morgan fingerprint density at radius 2 is 1.93 bits per heavy atom. The molecule has 138 valence electrons. The van der Waals surface area contributed by atoms with Gasteiger partial charge in [0.2, 0.25) is 0 Å². The van der Waals surface area contributed by atoms with Crippen molar-refractivity contribution in [3.8, 4) is 28.5 Å². The molecule has 28 heavy (non-hydrogen) atoms. The van der Waals surface area contributed by atoms with Gasteiger partial charge in [0, 0.05) is 29.9 Å². The molecule has 1 aliphatic rings. The molecule has 7 nitrogen and oxygen atoms in total. The van der Waals surface area contributed by atoms with E-state index in [0.717, 1.165) is 22.3 Å². The first-order chi connectivity index (χ1) is 13.6. The summed E-state index contributed by atoms with van der Waals surface area (Å²) in [6, 6.07) is 9.40. The predicted octanol–water partition coefficient (Wildman–Crippen LogP) is 3.14. The van der Waals surface area contributed by atoms with Crippen LogP contribution < -0.4 is 16.1 Å². The topological polar surface area (TPSA) is 104 Å². The monoisotopic (exact) mass is 372 g/mol. The second-order valence-electron chi connectivity index (χ2n) is 6.69. The van der Waals surface area contributed by atoms with E-state index in [1.807, 2.05) is 25.1 Å². The zero-order valence-electron chi connectivity index (χ0n) is 15.1. The Bertz CT molecular complexity index is 1280. The smallest absolute Gasteiger partial charge is 0.349 e. The van der Waals surface area contributed by atoms with E-state index in [0.29, 0.717) is 35.9 Å². The van der Waals surface area contributed by atoms with Gasteiger partial charge in [-0.2, -0.15) is 0 Å². The van der Waals surface area contributed by atoms with Gasteiger partial charge in [0.05, 0.1) is 17.7 Å². The lowest BCUT2D eigenvalue weighted by Gasteiger charge is -2.11. The summed E-state index contributed by atoms with van der Waals surface area (Å²) in [5.41, 5.74) is 9.43. The maximum atomic E-state index is 12.7. The summed E-state index contributed by atoms with van der Waals surface area (Å²) in [5, 5.41) is 0.202. The van der Waals surface area contributed by atoms with E-state index < -0.39 is 5.63 Å². The Labute approximate surface area is 159 Å². The molecule has 0 bridgehead atoms. The van der Waals surface area contributed by atoms with Gasteiger partial charge in [-0.05, 0) is 31.2 Å². The van der Waals surface area contributed by atoms with Gasteiger partial charge in [0.25, 0.3) is 0 Å². The van der Waals surface area contributed by atoms with Crippen molar-refractivity contribution in [3.63, 3.8) is 0 Å². The molecule has 4 heterocycles. The van der Waals surface area contributed by atoms with Gasteiger partial charge >= 0.3 is 5.63 Å². The maximum Gasteiger partial charge on any atom is 0.349 e. The van der Waals surface area contributed by atoms with Gasteiger partial charge in [-0.25, -0.2) is 14.8 Å². The number of nitrogen functional groups attached to an aromatic ring is 1. The van der Waals surface area contributed by atoms with Crippen LogP contribution in [0.2, 0.25) is 0 Å². The van der Waals surface area contributed by atoms with E-state index in [4.69, 9.17) is 14.9 Å². The van der Waals surface area contributed by atoms with Crippen LogP contribution in [0.25, 0.3) is 33.6 Å². The molecule has 0 saturated carbocycles. The lowest BCUT2D eigenvalue weighted by Crippen LogP contribution is -2.11. The number of fused-ring (bicyclic) bond motifs is 5.